The minimum Gasteiger partial charge on any atom is -0.391 e. The highest BCUT2D eigenvalue weighted by molar-refractivity contribution is 8.76. The molecule has 0 bridgehead atoms. The summed E-state index contributed by atoms with van der Waals surface area (Å²) in [5, 5.41) is 31.9. The number of carbonyl (C=O) groups is 8. The minimum absolute atomic E-state index is 0.0110. The molecule has 8 amide bonds. The van der Waals surface area contributed by atoms with E-state index in [1.54, 1.807) is 73.1 Å². The Kier molecular flexibility index (Phi) is 24.3. The zero-order valence-electron chi connectivity index (χ0n) is 47.4. The number of carbonyl (C=O) groups excluding carboxylic acids is 8. The highest BCUT2D eigenvalue weighted by Gasteiger charge is 2.39. The first-order valence-corrected chi connectivity index (χ1v) is 30.8. The zero-order chi connectivity index (χ0) is 61.0. The van der Waals surface area contributed by atoms with Crippen molar-refractivity contribution in [3.63, 3.8) is 0 Å². The highest BCUT2D eigenvalue weighted by atomic mass is 35.5. The standard InChI is InChI=1S/C61H73ClN12O9S2/c1-36(75)52-60(82)71-49(57(79)73-53(59(81)65-2)51(39-16-6-4-7-17-39)40-18-8-5-9-19-40)34-84-85-35-50(74(3)61(83)44(64)29-37-23-25-42(62)26-24-37)58(80)70-47(30-38-15-14-28-66-32-38)55(77)69-48(31-41-33-67-45-21-11-10-20-43(41)45)56(78)68-46(54(76)72-52)22-12-13-27-63/h4-11,14-21,23-26,28,32-33,36,44,46-53,67,75H,12-13,22,27,29-31,34-35,63-64H2,1-3H3,(H,65,81)(H,68,78)(H,69,77)(H,70,80)(H,71,82)(H,72,76)(H,73,79)/t36-,44+,46+,47+,48-,49+,50-,52+,53+/m1/s1. The van der Waals surface area contributed by atoms with Crippen LogP contribution in [0.4, 0.5) is 0 Å². The molecule has 0 aliphatic carbocycles. The molecule has 7 rings (SSSR count). The van der Waals surface area contributed by atoms with E-state index in [0.29, 0.717) is 45.7 Å². The lowest BCUT2D eigenvalue weighted by Crippen LogP contribution is -2.62. The number of fused-ring (bicyclic) bond motifs is 1. The summed E-state index contributed by atoms with van der Waals surface area (Å²) >= 11 is 6.15. The van der Waals surface area contributed by atoms with E-state index in [4.69, 9.17) is 23.1 Å². The van der Waals surface area contributed by atoms with E-state index in [1.807, 2.05) is 60.7 Å². The Hall–Kier alpha value is -7.80. The number of nitrogens with one attached hydrogen (secondary N) is 8. The van der Waals surface area contributed by atoms with Gasteiger partial charge in [0.25, 0.3) is 0 Å². The molecule has 85 heavy (non-hydrogen) atoms. The number of amides is 8. The lowest BCUT2D eigenvalue weighted by atomic mass is 9.84. The monoisotopic (exact) mass is 1220 g/mol. The summed E-state index contributed by atoms with van der Waals surface area (Å²) in [4.78, 5) is 126. The average Bonchev–Trinajstić information content (AvgIpc) is 4.05. The first kappa shape index (κ1) is 64.8. The van der Waals surface area contributed by atoms with Crippen molar-refractivity contribution in [2.24, 2.45) is 11.5 Å². The van der Waals surface area contributed by atoms with Crippen LogP contribution in [-0.4, -0.2) is 154 Å². The number of aromatic nitrogens is 2. The van der Waals surface area contributed by atoms with E-state index < -0.39 is 108 Å². The van der Waals surface area contributed by atoms with E-state index in [2.05, 4.69) is 47.2 Å². The molecule has 1 saturated heterocycles. The molecule has 9 atom stereocenters. The van der Waals surface area contributed by atoms with Crippen LogP contribution in [-0.2, 0) is 57.6 Å². The van der Waals surface area contributed by atoms with Crippen LogP contribution in [0.5, 0.6) is 0 Å². The molecule has 13 N–H and O–H groups in total. The number of nitrogens with zero attached hydrogens (tertiary/aromatic N) is 2. The van der Waals surface area contributed by atoms with Gasteiger partial charge < -0.3 is 63.7 Å². The Morgan fingerprint density at radius 1 is 0.729 bits per heavy atom. The van der Waals surface area contributed by atoms with E-state index in [9.17, 15) is 33.9 Å². The molecule has 3 heterocycles. The summed E-state index contributed by atoms with van der Waals surface area (Å²) in [5.74, 6) is -7.38. The summed E-state index contributed by atoms with van der Waals surface area (Å²) < 4.78 is 0. The summed E-state index contributed by atoms with van der Waals surface area (Å²) in [5.41, 5.74) is 16.5. The van der Waals surface area contributed by atoms with Crippen molar-refractivity contribution in [2.75, 3.05) is 32.1 Å². The molecule has 2 aromatic heterocycles. The maximum atomic E-state index is 15.1. The molecule has 1 aliphatic rings. The lowest BCUT2D eigenvalue weighted by Gasteiger charge is -2.32. The Morgan fingerprint density at radius 2 is 1.34 bits per heavy atom. The SMILES string of the molecule is CNC(=O)[C@@H](NC(=O)[C@@H]1CSSC[C@@H](N(C)C(=O)[C@@H](N)Cc2ccc(Cl)cc2)C(=O)N[C@@H](Cc2cccnc2)C(=O)N[C@H](Cc2c[nH]c3ccccc23)C(=O)N[C@@H](CCCCN)C(=O)N[C@@H]([C@@H](C)O)C(=O)N1)C(c1ccccc1)c1ccccc1. The van der Waals surface area contributed by atoms with Crippen molar-refractivity contribution < 1.29 is 43.5 Å². The van der Waals surface area contributed by atoms with Crippen molar-refractivity contribution in [2.45, 2.75) is 106 Å². The molecule has 0 spiro atoms. The van der Waals surface area contributed by atoms with E-state index in [-0.39, 0.29) is 43.7 Å². The number of halogens is 1. The Bertz CT molecular complexity index is 3180. The van der Waals surface area contributed by atoms with Gasteiger partial charge in [0.15, 0.2) is 0 Å². The maximum absolute atomic E-state index is 15.1. The van der Waals surface area contributed by atoms with Gasteiger partial charge in [0, 0.05) is 78.9 Å². The van der Waals surface area contributed by atoms with Crippen molar-refractivity contribution >= 4 is 91.3 Å². The van der Waals surface area contributed by atoms with E-state index in [0.717, 1.165) is 32.5 Å². The average molecular weight is 1220 g/mol. The predicted molar refractivity (Wildman–Crippen MR) is 330 cm³/mol. The van der Waals surface area contributed by atoms with Crippen LogP contribution in [0.2, 0.25) is 5.02 Å². The maximum Gasteiger partial charge on any atom is 0.245 e. The van der Waals surface area contributed by atoms with Gasteiger partial charge in [0.05, 0.1) is 12.1 Å². The van der Waals surface area contributed by atoms with Gasteiger partial charge >= 0.3 is 0 Å². The first-order valence-electron chi connectivity index (χ1n) is 27.9. The van der Waals surface area contributed by atoms with Crippen LogP contribution >= 0.6 is 33.2 Å². The quantitative estimate of drug-likeness (QED) is 0.0411. The number of unbranched alkanes of at least 4 members (excludes halogenated alkanes) is 1. The van der Waals surface area contributed by atoms with Gasteiger partial charge in [-0.25, -0.2) is 0 Å². The predicted octanol–water partition coefficient (Wildman–Crippen LogP) is 2.79. The third kappa shape index (κ3) is 18.1. The minimum atomic E-state index is -1.71. The second kappa shape index (κ2) is 31.9. The molecule has 24 heteroatoms. The number of rotatable bonds is 19. The molecule has 21 nitrogen and oxygen atoms in total. The second-order valence-electron chi connectivity index (χ2n) is 20.8. The third-order valence-electron chi connectivity index (χ3n) is 14.6. The van der Waals surface area contributed by atoms with Gasteiger partial charge in [-0.05, 0) is 91.2 Å². The summed E-state index contributed by atoms with van der Waals surface area (Å²) in [7, 11) is 4.94. The Labute approximate surface area is 506 Å². The van der Waals surface area contributed by atoms with Crippen LogP contribution in [0.1, 0.15) is 59.9 Å². The second-order valence-corrected chi connectivity index (χ2v) is 23.7. The highest BCUT2D eigenvalue weighted by Crippen LogP contribution is 2.30. The van der Waals surface area contributed by atoms with Crippen molar-refractivity contribution in [3.05, 3.63) is 173 Å². The van der Waals surface area contributed by atoms with Gasteiger partial charge in [-0.15, -0.1) is 0 Å². The number of likely N-dealkylation sites (N-methyl/N-ethyl adjacent to an activating group) is 2. The van der Waals surface area contributed by atoms with Crippen LogP contribution in [0, 0.1) is 0 Å². The first-order chi connectivity index (χ1) is 41.0. The van der Waals surface area contributed by atoms with Crippen LogP contribution in [0.15, 0.2) is 140 Å². The molecule has 4 aromatic carbocycles. The Morgan fingerprint density at radius 3 is 1.98 bits per heavy atom. The number of nitrogens with two attached hydrogens (primary N) is 2. The molecular formula is C61H73ClN12O9S2. The smallest absolute Gasteiger partial charge is 0.245 e. The number of aromatic amines is 1. The van der Waals surface area contributed by atoms with Crippen LogP contribution in [0.25, 0.3) is 10.9 Å². The van der Waals surface area contributed by atoms with Crippen molar-refractivity contribution in [3.8, 4) is 0 Å². The van der Waals surface area contributed by atoms with E-state index >= 15 is 9.59 Å². The van der Waals surface area contributed by atoms with Gasteiger partial charge in [0.2, 0.25) is 47.3 Å². The number of H-pyrrole nitrogens is 1. The van der Waals surface area contributed by atoms with Crippen molar-refractivity contribution in [1.29, 1.82) is 0 Å². The fourth-order valence-electron chi connectivity index (χ4n) is 9.95. The van der Waals surface area contributed by atoms with Gasteiger partial charge in [-0.2, -0.15) is 0 Å². The molecular weight excluding hydrogens is 1140 g/mol. The number of hydrogen-bond donors (Lipinski definition) is 11. The topological polar surface area (TPSA) is 325 Å². The zero-order valence-corrected chi connectivity index (χ0v) is 49.8. The fourth-order valence-corrected chi connectivity index (χ4v) is 12.5. The molecule has 1 fully saturated rings. The number of pyridine rings is 1. The van der Waals surface area contributed by atoms with Crippen LogP contribution in [0.3, 0.4) is 0 Å². The summed E-state index contributed by atoms with van der Waals surface area (Å²) in [6.07, 6.45) is 3.84. The fraction of sp³-hybridized carbons (Fsp3) is 0.361. The molecule has 0 saturated carbocycles. The number of para-hydroxylation sites is 1. The number of benzene rings is 4. The normalized spacial score (nSPS) is 20.5. The summed E-state index contributed by atoms with van der Waals surface area (Å²) in [6, 6.07) is 24.6. The largest absolute Gasteiger partial charge is 0.391 e. The van der Waals surface area contributed by atoms with Gasteiger partial charge in [0.1, 0.15) is 42.3 Å². The number of aliphatic hydroxyl groups is 1. The number of hydrogen-bond acceptors (Lipinski definition) is 14. The molecule has 450 valence electrons. The van der Waals surface area contributed by atoms with Gasteiger partial charge in [-0.1, -0.05) is 130 Å². The van der Waals surface area contributed by atoms with E-state index in [1.165, 1.54) is 32.1 Å². The molecule has 0 radical (unpaired) electrons. The Balaban J connectivity index is 1.30. The van der Waals surface area contributed by atoms with Crippen LogP contribution < -0.4 is 48.7 Å². The molecule has 0 unspecified atom stereocenters. The third-order valence-corrected chi connectivity index (χ3v) is 17.3. The van der Waals surface area contributed by atoms with Crippen molar-refractivity contribution in [1.82, 2.24) is 52.1 Å². The molecule has 1 aliphatic heterocycles. The number of aliphatic hydroxyl groups excluding tert-OH is 1. The van der Waals surface area contributed by atoms with Gasteiger partial charge in [-0.3, -0.25) is 43.3 Å². The molecule has 6 aromatic rings. The lowest BCUT2D eigenvalue weighted by molar-refractivity contribution is -0.140. The summed E-state index contributed by atoms with van der Waals surface area (Å²) in [6.45, 7) is 1.53.